The molecule has 1 atom stereocenters. The van der Waals surface area contributed by atoms with E-state index in [1.807, 2.05) is 6.07 Å². The number of benzene rings is 4. The minimum atomic E-state index is 0.500. The first kappa shape index (κ1) is 20.1. The fraction of sp³-hybridized carbons (Fsp3) is 0.0968. The average Bonchev–Trinajstić information content (AvgIpc) is 3.19. The first-order valence-electron chi connectivity index (χ1n) is 11.5. The van der Waals surface area contributed by atoms with Crippen molar-refractivity contribution in [2.24, 2.45) is 5.92 Å². The summed E-state index contributed by atoms with van der Waals surface area (Å²) in [4.78, 5) is 0. The van der Waals surface area contributed by atoms with Crippen molar-refractivity contribution in [3.63, 3.8) is 0 Å². The SMILES string of the molecule is CC1C=C(c2ccccc2)C(n2c3ccc(Cl)cc3c3cccc(-c4ccccc4)c32)=CC1. The molecule has 0 spiro atoms. The summed E-state index contributed by atoms with van der Waals surface area (Å²) in [5.74, 6) is 0.500. The molecule has 1 nitrogen and oxygen atoms in total. The second-order valence-corrected chi connectivity index (χ2v) is 9.25. The molecule has 4 aromatic carbocycles. The molecule has 0 saturated carbocycles. The molecule has 0 N–H and O–H groups in total. The molecule has 33 heavy (non-hydrogen) atoms. The molecule has 2 heteroatoms. The van der Waals surface area contributed by atoms with Crippen molar-refractivity contribution in [2.45, 2.75) is 13.3 Å². The summed E-state index contributed by atoms with van der Waals surface area (Å²) in [6, 6.07) is 34.3. The lowest BCUT2D eigenvalue weighted by atomic mass is 9.90. The van der Waals surface area contributed by atoms with E-state index in [2.05, 4.69) is 115 Å². The quantitative estimate of drug-likeness (QED) is 0.261. The standard InChI is InChI=1S/C31H24ClN/c1-21-15-17-29(27(19-21)23-11-6-3-7-12-23)33-30-18-16-24(32)20-28(30)26-14-8-13-25(31(26)33)22-9-4-2-5-10-22/h2-14,16-21H,15H2,1H3. The number of nitrogens with zero attached hydrogens (tertiary/aromatic N) is 1. The van der Waals surface area contributed by atoms with Crippen LogP contribution in [0.25, 0.3) is 44.2 Å². The van der Waals surface area contributed by atoms with Gasteiger partial charge in [-0.25, -0.2) is 0 Å². The number of hydrogen-bond acceptors (Lipinski definition) is 0. The predicted octanol–water partition coefficient (Wildman–Crippen LogP) is 9.08. The van der Waals surface area contributed by atoms with Gasteiger partial charge in [0.05, 0.1) is 11.0 Å². The van der Waals surface area contributed by atoms with Gasteiger partial charge in [-0.15, -0.1) is 0 Å². The van der Waals surface area contributed by atoms with Gasteiger partial charge < -0.3 is 4.57 Å². The van der Waals surface area contributed by atoms with Crippen LogP contribution < -0.4 is 0 Å². The summed E-state index contributed by atoms with van der Waals surface area (Å²) >= 11 is 6.48. The molecule has 1 aliphatic carbocycles. The van der Waals surface area contributed by atoms with E-state index in [0.717, 1.165) is 11.4 Å². The average molecular weight is 446 g/mol. The van der Waals surface area contributed by atoms with Gasteiger partial charge in [-0.1, -0.05) is 110 Å². The van der Waals surface area contributed by atoms with Crippen LogP contribution in [0.3, 0.4) is 0 Å². The molecular weight excluding hydrogens is 422 g/mol. The van der Waals surface area contributed by atoms with Crippen LogP contribution in [0, 0.1) is 5.92 Å². The van der Waals surface area contributed by atoms with Gasteiger partial charge in [-0.3, -0.25) is 0 Å². The van der Waals surface area contributed by atoms with Crippen molar-refractivity contribution < 1.29 is 0 Å². The third-order valence-electron chi connectivity index (χ3n) is 6.57. The van der Waals surface area contributed by atoms with Crippen LogP contribution in [0.2, 0.25) is 5.02 Å². The molecule has 0 saturated heterocycles. The molecule has 6 rings (SSSR count). The van der Waals surface area contributed by atoms with E-state index in [0.29, 0.717) is 5.92 Å². The molecule has 0 radical (unpaired) electrons. The summed E-state index contributed by atoms with van der Waals surface area (Å²) in [6.45, 7) is 2.29. The summed E-state index contributed by atoms with van der Waals surface area (Å²) in [5.41, 5.74) is 8.62. The Kier molecular flexibility index (Phi) is 4.93. The predicted molar refractivity (Wildman–Crippen MR) is 142 cm³/mol. The smallest absolute Gasteiger partial charge is 0.0619 e. The summed E-state index contributed by atoms with van der Waals surface area (Å²) in [5, 5.41) is 3.17. The van der Waals surface area contributed by atoms with Crippen LogP contribution in [0.5, 0.6) is 0 Å². The van der Waals surface area contributed by atoms with Crippen LogP contribution in [-0.4, -0.2) is 4.57 Å². The largest absolute Gasteiger partial charge is 0.308 e. The molecule has 0 fully saturated rings. The summed E-state index contributed by atoms with van der Waals surface area (Å²) in [6.07, 6.45) is 5.85. The van der Waals surface area contributed by atoms with Crippen LogP contribution >= 0.6 is 11.6 Å². The van der Waals surface area contributed by atoms with Crippen molar-refractivity contribution in [1.82, 2.24) is 4.57 Å². The Morgan fingerprint density at radius 1 is 0.758 bits per heavy atom. The molecule has 0 aliphatic heterocycles. The second kappa shape index (κ2) is 8.10. The third kappa shape index (κ3) is 3.41. The maximum absolute atomic E-state index is 6.48. The molecule has 1 heterocycles. The third-order valence-corrected chi connectivity index (χ3v) is 6.81. The molecule has 1 aliphatic rings. The summed E-state index contributed by atoms with van der Waals surface area (Å²) in [7, 11) is 0. The number of para-hydroxylation sites is 1. The fourth-order valence-corrected chi connectivity index (χ4v) is 5.23. The lowest BCUT2D eigenvalue weighted by molar-refractivity contribution is 0.738. The zero-order valence-corrected chi connectivity index (χ0v) is 19.3. The monoisotopic (exact) mass is 445 g/mol. The van der Waals surface area contributed by atoms with Crippen molar-refractivity contribution in [1.29, 1.82) is 0 Å². The van der Waals surface area contributed by atoms with E-state index in [1.54, 1.807) is 0 Å². The van der Waals surface area contributed by atoms with E-state index in [-0.39, 0.29) is 0 Å². The fourth-order valence-electron chi connectivity index (χ4n) is 5.06. The van der Waals surface area contributed by atoms with E-state index < -0.39 is 0 Å². The maximum Gasteiger partial charge on any atom is 0.0619 e. The van der Waals surface area contributed by atoms with E-state index in [9.17, 15) is 0 Å². The second-order valence-electron chi connectivity index (χ2n) is 8.81. The highest BCUT2D eigenvalue weighted by Gasteiger charge is 2.22. The highest BCUT2D eigenvalue weighted by atomic mass is 35.5. The molecular formula is C31H24ClN. The molecule has 1 aromatic heterocycles. The highest BCUT2D eigenvalue weighted by molar-refractivity contribution is 6.32. The first-order valence-corrected chi connectivity index (χ1v) is 11.8. The molecule has 160 valence electrons. The van der Waals surface area contributed by atoms with Gasteiger partial charge in [0.1, 0.15) is 0 Å². The van der Waals surface area contributed by atoms with Crippen LogP contribution in [0.15, 0.2) is 109 Å². The highest BCUT2D eigenvalue weighted by Crippen LogP contribution is 2.43. The first-order chi connectivity index (χ1) is 16.2. The topological polar surface area (TPSA) is 4.93 Å². The Morgan fingerprint density at radius 2 is 1.48 bits per heavy atom. The van der Waals surface area contributed by atoms with Gasteiger partial charge >= 0.3 is 0 Å². The van der Waals surface area contributed by atoms with Gasteiger partial charge in [-0.2, -0.15) is 0 Å². The molecule has 0 amide bonds. The van der Waals surface area contributed by atoms with Gasteiger partial charge in [-0.05, 0) is 41.7 Å². The Hall–Kier alpha value is -3.55. The van der Waals surface area contributed by atoms with Crippen molar-refractivity contribution >= 4 is 44.7 Å². The number of allylic oxidation sites excluding steroid dienone is 4. The minimum absolute atomic E-state index is 0.500. The van der Waals surface area contributed by atoms with Crippen molar-refractivity contribution in [2.75, 3.05) is 0 Å². The number of halogens is 1. The molecule has 0 bridgehead atoms. The lowest BCUT2D eigenvalue weighted by Gasteiger charge is -2.23. The number of aromatic nitrogens is 1. The van der Waals surface area contributed by atoms with Crippen LogP contribution in [0.1, 0.15) is 18.9 Å². The van der Waals surface area contributed by atoms with Crippen LogP contribution in [0.4, 0.5) is 0 Å². The molecule has 5 aromatic rings. The Bertz CT molecular complexity index is 1540. The minimum Gasteiger partial charge on any atom is -0.308 e. The van der Waals surface area contributed by atoms with Gasteiger partial charge in [0.25, 0.3) is 0 Å². The molecule has 1 unspecified atom stereocenters. The zero-order chi connectivity index (χ0) is 22.4. The Morgan fingerprint density at radius 3 is 2.24 bits per heavy atom. The zero-order valence-electron chi connectivity index (χ0n) is 18.5. The normalized spacial score (nSPS) is 16.1. The van der Waals surface area contributed by atoms with Crippen LogP contribution in [-0.2, 0) is 0 Å². The summed E-state index contributed by atoms with van der Waals surface area (Å²) < 4.78 is 2.45. The van der Waals surface area contributed by atoms with Gasteiger partial charge in [0.2, 0.25) is 0 Å². The number of fused-ring (bicyclic) bond motifs is 3. The number of hydrogen-bond donors (Lipinski definition) is 0. The Balaban J connectivity index is 1.72. The van der Waals surface area contributed by atoms with Crippen molar-refractivity contribution in [3.8, 4) is 11.1 Å². The van der Waals surface area contributed by atoms with E-state index >= 15 is 0 Å². The van der Waals surface area contributed by atoms with E-state index in [4.69, 9.17) is 11.6 Å². The Labute approximate surface area is 199 Å². The number of rotatable bonds is 3. The van der Waals surface area contributed by atoms with Gasteiger partial charge in [0.15, 0.2) is 0 Å². The van der Waals surface area contributed by atoms with E-state index in [1.165, 1.54) is 49.8 Å². The lowest BCUT2D eigenvalue weighted by Crippen LogP contribution is -2.07. The van der Waals surface area contributed by atoms with Gasteiger partial charge in [0, 0.05) is 32.6 Å². The maximum atomic E-state index is 6.48. The van der Waals surface area contributed by atoms with Crippen molar-refractivity contribution in [3.05, 3.63) is 120 Å².